The molecule has 1 heterocycles. The Labute approximate surface area is 105 Å². The van der Waals surface area contributed by atoms with E-state index in [1.807, 2.05) is 6.07 Å². The van der Waals surface area contributed by atoms with E-state index in [9.17, 15) is 4.79 Å². The zero-order valence-electron chi connectivity index (χ0n) is 9.83. The zero-order chi connectivity index (χ0) is 13.0. The average molecular weight is 246 g/mol. The van der Waals surface area contributed by atoms with Gasteiger partial charge in [-0.3, -0.25) is 4.79 Å². The van der Waals surface area contributed by atoms with Crippen LogP contribution in [0.4, 0.5) is 5.82 Å². The van der Waals surface area contributed by atoms with Crippen LogP contribution in [0.5, 0.6) is 0 Å². The maximum Gasteiger partial charge on any atom is 0.306 e. The second-order valence-corrected chi connectivity index (χ2v) is 4.44. The van der Waals surface area contributed by atoms with Crippen LogP contribution in [0, 0.1) is 17.2 Å². The van der Waals surface area contributed by atoms with E-state index in [4.69, 9.17) is 10.4 Å². The van der Waals surface area contributed by atoms with Gasteiger partial charge < -0.3 is 10.4 Å². The number of nitrogens with zero attached hydrogens (tertiary/aromatic N) is 3. The number of hydrogen-bond acceptors (Lipinski definition) is 5. The fraction of sp³-hybridized carbons (Fsp3) is 0.500. The molecule has 0 bridgehead atoms. The number of nitriles is 1. The third-order valence-electron chi connectivity index (χ3n) is 3.14. The van der Waals surface area contributed by atoms with Crippen LogP contribution < -0.4 is 5.32 Å². The van der Waals surface area contributed by atoms with Crippen molar-refractivity contribution in [2.45, 2.75) is 31.7 Å². The molecule has 2 rings (SSSR count). The molecule has 2 N–H and O–H groups in total. The molecule has 0 amide bonds. The van der Waals surface area contributed by atoms with E-state index in [1.165, 1.54) is 12.4 Å². The molecule has 0 radical (unpaired) electrons. The molecule has 1 aromatic heterocycles. The summed E-state index contributed by atoms with van der Waals surface area (Å²) in [6.45, 7) is 0. The average Bonchev–Trinajstić information content (AvgIpc) is 2.40. The van der Waals surface area contributed by atoms with Crippen LogP contribution in [-0.2, 0) is 4.79 Å². The van der Waals surface area contributed by atoms with Crippen molar-refractivity contribution in [3.8, 4) is 6.07 Å². The Morgan fingerprint density at radius 3 is 2.89 bits per heavy atom. The molecule has 0 saturated heterocycles. The number of aliphatic carboxylic acids is 1. The number of carbonyl (C=O) groups is 1. The summed E-state index contributed by atoms with van der Waals surface area (Å²) in [5, 5.41) is 20.8. The van der Waals surface area contributed by atoms with E-state index in [2.05, 4.69) is 15.3 Å². The van der Waals surface area contributed by atoms with E-state index in [0.717, 1.165) is 19.3 Å². The molecular weight excluding hydrogens is 232 g/mol. The Balaban J connectivity index is 1.96. The molecule has 0 spiro atoms. The van der Waals surface area contributed by atoms with Gasteiger partial charge in [0.1, 0.15) is 11.9 Å². The van der Waals surface area contributed by atoms with Crippen molar-refractivity contribution in [1.82, 2.24) is 9.97 Å². The monoisotopic (exact) mass is 246 g/mol. The van der Waals surface area contributed by atoms with Crippen molar-refractivity contribution < 1.29 is 9.90 Å². The Morgan fingerprint density at radius 1 is 1.44 bits per heavy atom. The first-order valence-corrected chi connectivity index (χ1v) is 5.90. The van der Waals surface area contributed by atoms with Gasteiger partial charge in [-0.15, -0.1) is 0 Å². The Kier molecular flexibility index (Phi) is 3.72. The third-order valence-corrected chi connectivity index (χ3v) is 3.14. The number of nitrogens with one attached hydrogen (secondary N) is 1. The van der Waals surface area contributed by atoms with Crippen LogP contribution in [0.25, 0.3) is 0 Å². The standard InChI is InChI=1S/C12H14N4O2/c13-5-10-6-15-11(7-14-10)16-9-3-1-2-8(4-9)12(17)18/h6-9H,1-4H2,(H,15,16)(H,17,18). The number of anilines is 1. The van der Waals surface area contributed by atoms with E-state index in [-0.39, 0.29) is 17.7 Å². The smallest absolute Gasteiger partial charge is 0.306 e. The fourth-order valence-electron chi connectivity index (χ4n) is 2.21. The lowest BCUT2D eigenvalue weighted by molar-refractivity contribution is -0.142. The summed E-state index contributed by atoms with van der Waals surface area (Å²) in [6.07, 6.45) is 6.09. The second kappa shape index (κ2) is 5.45. The van der Waals surface area contributed by atoms with Crippen LogP contribution in [0.3, 0.4) is 0 Å². The highest BCUT2D eigenvalue weighted by atomic mass is 16.4. The van der Waals surface area contributed by atoms with Crippen LogP contribution in [0.15, 0.2) is 12.4 Å². The topological polar surface area (TPSA) is 98.9 Å². The lowest BCUT2D eigenvalue weighted by atomic mass is 9.86. The number of carboxylic acid groups (broad SMARTS) is 1. The minimum Gasteiger partial charge on any atom is -0.481 e. The first-order chi connectivity index (χ1) is 8.69. The van der Waals surface area contributed by atoms with Gasteiger partial charge in [0.25, 0.3) is 0 Å². The van der Waals surface area contributed by atoms with Crippen LogP contribution in [0.2, 0.25) is 0 Å². The summed E-state index contributed by atoms with van der Waals surface area (Å²) in [5.74, 6) is -0.417. The normalized spacial score (nSPS) is 23.1. The Hall–Kier alpha value is -2.16. The molecule has 1 saturated carbocycles. The zero-order valence-corrected chi connectivity index (χ0v) is 9.83. The Bertz CT molecular complexity index is 466. The molecule has 0 aliphatic heterocycles. The second-order valence-electron chi connectivity index (χ2n) is 4.44. The summed E-state index contributed by atoms with van der Waals surface area (Å²) in [6, 6.07) is 2.01. The van der Waals surface area contributed by atoms with Crippen molar-refractivity contribution in [1.29, 1.82) is 5.26 Å². The predicted molar refractivity (Wildman–Crippen MR) is 63.8 cm³/mol. The van der Waals surface area contributed by atoms with Crippen LogP contribution in [-0.4, -0.2) is 27.1 Å². The molecule has 6 nitrogen and oxygen atoms in total. The van der Waals surface area contributed by atoms with Gasteiger partial charge in [0, 0.05) is 6.04 Å². The number of hydrogen-bond donors (Lipinski definition) is 2. The van der Waals surface area contributed by atoms with Gasteiger partial charge in [-0.25, -0.2) is 9.97 Å². The first-order valence-electron chi connectivity index (χ1n) is 5.90. The van der Waals surface area contributed by atoms with Crippen molar-refractivity contribution in [2.75, 3.05) is 5.32 Å². The lowest BCUT2D eigenvalue weighted by Gasteiger charge is -2.27. The molecule has 1 aliphatic rings. The highest BCUT2D eigenvalue weighted by molar-refractivity contribution is 5.70. The molecule has 1 aliphatic carbocycles. The summed E-state index contributed by atoms with van der Waals surface area (Å²) < 4.78 is 0. The minimum atomic E-state index is -0.729. The van der Waals surface area contributed by atoms with Crippen molar-refractivity contribution in [2.24, 2.45) is 5.92 Å². The van der Waals surface area contributed by atoms with E-state index < -0.39 is 5.97 Å². The van der Waals surface area contributed by atoms with Gasteiger partial charge in [-0.05, 0) is 19.3 Å². The fourth-order valence-corrected chi connectivity index (χ4v) is 2.21. The highest BCUT2D eigenvalue weighted by Crippen LogP contribution is 2.26. The van der Waals surface area contributed by atoms with Crippen LogP contribution in [0.1, 0.15) is 31.4 Å². The number of aromatic nitrogens is 2. The number of carboxylic acids is 1. The minimum absolute atomic E-state index is 0.113. The molecule has 1 fully saturated rings. The largest absolute Gasteiger partial charge is 0.481 e. The van der Waals surface area contributed by atoms with Gasteiger partial charge in [0.15, 0.2) is 5.69 Å². The Morgan fingerprint density at radius 2 is 2.28 bits per heavy atom. The lowest BCUT2D eigenvalue weighted by Crippen LogP contribution is -2.31. The molecule has 2 unspecified atom stereocenters. The van der Waals surface area contributed by atoms with Crippen molar-refractivity contribution in [3.63, 3.8) is 0 Å². The molecule has 6 heteroatoms. The molecule has 94 valence electrons. The van der Waals surface area contributed by atoms with Gasteiger partial charge in [0.2, 0.25) is 0 Å². The summed E-state index contributed by atoms with van der Waals surface area (Å²) >= 11 is 0. The van der Waals surface area contributed by atoms with E-state index >= 15 is 0 Å². The molecular formula is C12H14N4O2. The third kappa shape index (κ3) is 2.94. The molecule has 0 aromatic carbocycles. The summed E-state index contributed by atoms with van der Waals surface area (Å²) in [4.78, 5) is 18.9. The maximum absolute atomic E-state index is 10.9. The molecule has 1 aromatic rings. The summed E-state index contributed by atoms with van der Waals surface area (Å²) in [5.41, 5.74) is 0.271. The summed E-state index contributed by atoms with van der Waals surface area (Å²) in [7, 11) is 0. The van der Waals surface area contributed by atoms with E-state index in [0.29, 0.717) is 12.2 Å². The van der Waals surface area contributed by atoms with Gasteiger partial charge >= 0.3 is 5.97 Å². The van der Waals surface area contributed by atoms with Gasteiger partial charge in [-0.1, -0.05) is 6.42 Å². The van der Waals surface area contributed by atoms with E-state index in [1.54, 1.807) is 0 Å². The molecule has 18 heavy (non-hydrogen) atoms. The predicted octanol–water partition coefficient (Wildman–Crippen LogP) is 1.40. The van der Waals surface area contributed by atoms with Gasteiger partial charge in [0.05, 0.1) is 18.3 Å². The SMILES string of the molecule is N#Cc1cnc(NC2CCCC(C(=O)O)C2)cn1. The van der Waals surface area contributed by atoms with Crippen LogP contribution >= 0.6 is 0 Å². The highest BCUT2D eigenvalue weighted by Gasteiger charge is 2.26. The van der Waals surface area contributed by atoms with Gasteiger partial charge in [-0.2, -0.15) is 5.26 Å². The maximum atomic E-state index is 10.9. The quantitative estimate of drug-likeness (QED) is 0.836. The first kappa shape index (κ1) is 12.3. The van der Waals surface area contributed by atoms with Crippen molar-refractivity contribution in [3.05, 3.63) is 18.1 Å². The van der Waals surface area contributed by atoms with Crippen molar-refractivity contribution >= 4 is 11.8 Å². The number of rotatable bonds is 3. The molecule has 2 atom stereocenters.